The number of rotatable bonds is 30. The number of hydrogen-bond donors (Lipinski definition) is 0. The van der Waals surface area contributed by atoms with Crippen LogP contribution in [-0.2, 0) is 38.0 Å². The van der Waals surface area contributed by atoms with Gasteiger partial charge in [-0.1, -0.05) is 0 Å². The highest BCUT2D eigenvalue weighted by molar-refractivity contribution is 5.77. The van der Waals surface area contributed by atoms with Crippen LogP contribution >= 0.6 is 0 Å². The quantitative estimate of drug-likeness (QED) is 0.0406. The Morgan fingerprint density at radius 1 is 0.433 bits per heavy atom. The first kappa shape index (κ1) is 57.5. The summed E-state index contributed by atoms with van der Waals surface area (Å²) in [5.74, 6) is -78.5. The molecule has 0 unspecified atom stereocenters. The van der Waals surface area contributed by atoms with Crippen molar-refractivity contribution in [2.24, 2.45) is 5.41 Å². The van der Waals surface area contributed by atoms with E-state index in [4.69, 9.17) is 14.2 Å². The molecule has 0 heterocycles. The maximum Gasteiger partial charge on any atom is 0.384 e. The second kappa shape index (κ2) is 20.4. The molecular formula is C28H32F24O8. The van der Waals surface area contributed by atoms with Gasteiger partial charge in [0.25, 0.3) is 0 Å². The fourth-order valence-electron chi connectivity index (χ4n) is 3.82. The van der Waals surface area contributed by atoms with Crippen molar-refractivity contribution in [1.29, 1.82) is 0 Å². The Hall–Kier alpha value is -2.45. The zero-order chi connectivity index (χ0) is 47.8. The normalized spacial score (nSPS) is 15.2. The summed E-state index contributed by atoms with van der Waals surface area (Å²) in [4.78, 5) is 13.1. The number of ether oxygens (including phenoxy) is 7. The van der Waals surface area contributed by atoms with Crippen LogP contribution in [0.2, 0.25) is 0 Å². The van der Waals surface area contributed by atoms with Crippen LogP contribution in [-0.4, -0.2) is 164 Å². The summed E-state index contributed by atoms with van der Waals surface area (Å²) in [7, 11) is 2.30. The van der Waals surface area contributed by atoms with Gasteiger partial charge in [0.15, 0.2) is 0 Å². The average molecular weight is 953 g/mol. The van der Waals surface area contributed by atoms with Crippen LogP contribution in [0.25, 0.3) is 0 Å². The minimum Gasteiger partial charge on any atom is -0.457 e. The van der Waals surface area contributed by atoms with Crippen LogP contribution in [0.3, 0.4) is 0 Å². The summed E-state index contributed by atoms with van der Waals surface area (Å²) in [6, 6.07) is 0. The van der Waals surface area contributed by atoms with Gasteiger partial charge in [-0.3, -0.25) is 4.79 Å². The fourth-order valence-corrected chi connectivity index (χ4v) is 3.82. The second-order valence-corrected chi connectivity index (χ2v) is 12.4. The van der Waals surface area contributed by atoms with Gasteiger partial charge in [0.2, 0.25) is 0 Å². The van der Waals surface area contributed by atoms with Crippen molar-refractivity contribution >= 4 is 5.97 Å². The van der Waals surface area contributed by atoms with Gasteiger partial charge in [-0.15, -0.1) is 0 Å². The molecule has 0 aromatic rings. The maximum atomic E-state index is 14.4. The molecule has 0 aliphatic carbocycles. The van der Waals surface area contributed by atoms with E-state index in [1.54, 1.807) is 0 Å². The van der Waals surface area contributed by atoms with Gasteiger partial charge in [-0.05, 0) is 6.92 Å². The lowest BCUT2D eigenvalue weighted by molar-refractivity contribution is -0.416. The highest BCUT2D eigenvalue weighted by Crippen LogP contribution is 2.59. The van der Waals surface area contributed by atoms with Gasteiger partial charge < -0.3 is 33.2 Å². The van der Waals surface area contributed by atoms with Crippen molar-refractivity contribution in [2.75, 3.05) is 80.3 Å². The van der Waals surface area contributed by atoms with Gasteiger partial charge in [0.1, 0.15) is 24.7 Å². The maximum absolute atomic E-state index is 14.4. The van der Waals surface area contributed by atoms with Crippen molar-refractivity contribution in [1.82, 2.24) is 0 Å². The van der Waals surface area contributed by atoms with E-state index in [0.29, 0.717) is 0 Å². The van der Waals surface area contributed by atoms with E-state index in [-0.39, 0.29) is 33.4 Å². The first-order chi connectivity index (χ1) is 26.7. The first-order valence-corrected chi connectivity index (χ1v) is 15.6. The van der Waals surface area contributed by atoms with Crippen LogP contribution in [0.4, 0.5) is 105 Å². The van der Waals surface area contributed by atoms with E-state index in [9.17, 15) is 110 Å². The van der Waals surface area contributed by atoms with Gasteiger partial charge >= 0.3 is 78.0 Å². The molecule has 0 aliphatic heterocycles. The minimum absolute atomic E-state index is 0.147. The minimum atomic E-state index is -8.09. The van der Waals surface area contributed by atoms with Crippen molar-refractivity contribution in [2.45, 2.75) is 85.1 Å². The Labute approximate surface area is 321 Å². The molecule has 0 saturated carbocycles. The van der Waals surface area contributed by atoms with E-state index in [1.807, 2.05) is 0 Å². The lowest BCUT2D eigenvalue weighted by atomic mass is 9.92. The number of methoxy groups -OCH3 is 2. The van der Waals surface area contributed by atoms with E-state index in [2.05, 4.69) is 18.9 Å². The molecule has 0 radical (unpaired) electrons. The molecule has 360 valence electrons. The number of halogens is 24. The molecule has 0 N–H and O–H groups in total. The van der Waals surface area contributed by atoms with Crippen molar-refractivity contribution in [3.8, 4) is 0 Å². The largest absolute Gasteiger partial charge is 0.457 e. The molecule has 0 amide bonds. The number of hydrogen-bond acceptors (Lipinski definition) is 8. The van der Waals surface area contributed by atoms with E-state index in [0.717, 1.165) is 14.2 Å². The number of alkyl halides is 24. The number of esters is 1. The summed E-state index contributed by atoms with van der Waals surface area (Å²) < 4.78 is 358. The summed E-state index contributed by atoms with van der Waals surface area (Å²) in [5, 5.41) is 0. The van der Waals surface area contributed by atoms with Gasteiger partial charge in [0.05, 0.1) is 52.9 Å². The van der Waals surface area contributed by atoms with E-state index < -0.39 is 129 Å². The third-order valence-corrected chi connectivity index (χ3v) is 7.53. The molecule has 0 fully saturated rings. The standard InChI is InChI=1S/C28H32F24O8/c1-18(17(53)60-14(8-56-6-4-54-2)9-57-7-5-55-3,10-58-12-19(33,34)23(41,42)27(49,50)25(45,46)21(37,38)15(29)30)11-59-13-20(35,36)24(43,44)28(51,52)26(47,48)22(39,40)16(31)32/h14-16H,4-13H2,1-3H3. The molecule has 0 aliphatic rings. The Morgan fingerprint density at radius 2 is 0.733 bits per heavy atom. The summed E-state index contributed by atoms with van der Waals surface area (Å²) in [6.07, 6.45) is -13.5. The monoisotopic (exact) mass is 952 g/mol. The zero-order valence-electron chi connectivity index (χ0n) is 30.1. The lowest BCUT2D eigenvalue weighted by Crippen LogP contribution is -2.69. The predicted octanol–water partition coefficient (Wildman–Crippen LogP) is 8.15. The van der Waals surface area contributed by atoms with E-state index in [1.165, 1.54) is 0 Å². The van der Waals surface area contributed by atoms with Crippen LogP contribution in [0.15, 0.2) is 0 Å². The SMILES string of the molecule is COCCOCC(COCCOC)OC(=O)C(C)(COCC(F)(F)C(F)(F)C(F)(F)C(F)(F)C(F)(F)C(F)F)COCC(F)(F)C(F)(F)C(F)(F)C(F)(F)C(F)(F)C(F)F. The zero-order valence-corrected chi connectivity index (χ0v) is 30.1. The fraction of sp³-hybridized carbons (Fsp3) is 0.964. The number of carbonyl (C=O) groups is 1. The molecule has 0 spiro atoms. The molecule has 60 heavy (non-hydrogen) atoms. The Balaban J connectivity index is 6.82. The van der Waals surface area contributed by atoms with Gasteiger partial charge in [-0.2, -0.15) is 87.8 Å². The van der Waals surface area contributed by atoms with Crippen molar-refractivity contribution in [3.63, 3.8) is 0 Å². The van der Waals surface area contributed by atoms with Crippen molar-refractivity contribution < 1.29 is 143 Å². The molecule has 0 saturated heterocycles. The molecule has 0 atom stereocenters. The first-order valence-electron chi connectivity index (χ1n) is 15.6. The predicted molar refractivity (Wildman–Crippen MR) is 146 cm³/mol. The molecule has 8 nitrogen and oxygen atoms in total. The van der Waals surface area contributed by atoms with Crippen LogP contribution in [0.1, 0.15) is 6.92 Å². The Kier molecular flexibility index (Phi) is 19.5. The number of carbonyl (C=O) groups excluding carboxylic acids is 1. The third kappa shape index (κ3) is 11.6. The molecule has 0 aromatic heterocycles. The lowest BCUT2D eigenvalue weighted by Gasteiger charge is -2.39. The highest BCUT2D eigenvalue weighted by Gasteiger charge is 2.89. The molecule has 0 bridgehead atoms. The van der Waals surface area contributed by atoms with Crippen LogP contribution < -0.4 is 0 Å². The molecule has 0 rings (SSSR count). The topological polar surface area (TPSA) is 81.7 Å². The molecule has 32 heteroatoms. The third-order valence-electron chi connectivity index (χ3n) is 7.53. The molecule has 0 aromatic carbocycles. The molecular weight excluding hydrogens is 920 g/mol. The van der Waals surface area contributed by atoms with Crippen LogP contribution in [0.5, 0.6) is 0 Å². The highest BCUT2D eigenvalue weighted by atomic mass is 19.4. The van der Waals surface area contributed by atoms with Crippen LogP contribution in [0, 0.1) is 5.41 Å². The summed E-state index contributed by atoms with van der Waals surface area (Å²) in [5.41, 5.74) is -3.38. The smallest absolute Gasteiger partial charge is 0.384 e. The Bertz CT molecular complexity index is 1250. The van der Waals surface area contributed by atoms with Crippen molar-refractivity contribution in [3.05, 3.63) is 0 Å². The average Bonchev–Trinajstić information content (AvgIpc) is 3.10. The Morgan fingerprint density at radius 3 is 1.00 bits per heavy atom. The van der Waals surface area contributed by atoms with Gasteiger partial charge in [0, 0.05) is 14.2 Å². The van der Waals surface area contributed by atoms with E-state index >= 15 is 0 Å². The summed E-state index contributed by atoms with van der Waals surface area (Å²) >= 11 is 0. The van der Waals surface area contributed by atoms with Gasteiger partial charge in [-0.25, -0.2) is 17.6 Å². The summed E-state index contributed by atoms with van der Waals surface area (Å²) in [6.45, 7) is -13.9. The second-order valence-electron chi connectivity index (χ2n) is 12.4.